The van der Waals surface area contributed by atoms with Crippen LogP contribution in [0, 0.1) is 0 Å². The number of fused-ring (bicyclic) bond motifs is 1. The quantitative estimate of drug-likeness (QED) is 0.827. The topological polar surface area (TPSA) is 35.2 Å². The lowest BCUT2D eigenvalue weighted by Crippen LogP contribution is -2.02. The van der Waals surface area contributed by atoms with Crippen molar-refractivity contribution in [2.45, 2.75) is 6.42 Å². The second kappa shape index (κ2) is 4.32. The summed E-state index contributed by atoms with van der Waals surface area (Å²) in [4.78, 5) is 0. The number of methoxy groups -OCH3 is 1. The van der Waals surface area contributed by atoms with Gasteiger partial charge in [0.25, 0.3) is 0 Å². The van der Waals surface area contributed by atoms with E-state index in [0.29, 0.717) is 6.54 Å². The molecule has 15 heavy (non-hydrogen) atoms. The Labute approximate surface area is 89.7 Å². The van der Waals surface area contributed by atoms with Gasteiger partial charge < -0.3 is 10.5 Å². The van der Waals surface area contributed by atoms with E-state index in [1.54, 1.807) is 7.11 Å². The molecule has 0 fully saturated rings. The van der Waals surface area contributed by atoms with Gasteiger partial charge in [0, 0.05) is 0 Å². The fourth-order valence-corrected chi connectivity index (χ4v) is 1.72. The minimum absolute atomic E-state index is 0.690. The zero-order valence-corrected chi connectivity index (χ0v) is 8.86. The van der Waals surface area contributed by atoms with Gasteiger partial charge in [-0.25, -0.2) is 0 Å². The molecule has 0 radical (unpaired) electrons. The van der Waals surface area contributed by atoms with Gasteiger partial charge >= 0.3 is 0 Å². The summed E-state index contributed by atoms with van der Waals surface area (Å²) in [6.45, 7) is 0.690. The number of hydrogen-bond donors (Lipinski definition) is 1. The van der Waals surface area contributed by atoms with Gasteiger partial charge in [0.05, 0.1) is 7.11 Å². The number of rotatable bonds is 3. The summed E-state index contributed by atoms with van der Waals surface area (Å²) in [7, 11) is 1.69. The molecular formula is C13H15NO. The van der Waals surface area contributed by atoms with Gasteiger partial charge in [-0.3, -0.25) is 0 Å². The molecule has 0 unspecified atom stereocenters. The molecule has 0 saturated carbocycles. The maximum atomic E-state index is 5.54. The summed E-state index contributed by atoms with van der Waals surface area (Å²) < 4.78 is 5.20. The maximum Gasteiger partial charge on any atom is 0.119 e. The Hall–Kier alpha value is -1.54. The second-order valence-corrected chi connectivity index (χ2v) is 3.59. The van der Waals surface area contributed by atoms with Crippen LogP contribution in [0.4, 0.5) is 0 Å². The highest BCUT2D eigenvalue weighted by molar-refractivity contribution is 5.84. The van der Waals surface area contributed by atoms with Crippen LogP contribution < -0.4 is 10.5 Å². The highest BCUT2D eigenvalue weighted by Crippen LogP contribution is 2.21. The molecule has 2 aromatic rings. The Morgan fingerprint density at radius 1 is 1.07 bits per heavy atom. The first-order chi connectivity index (χ1) is 7.33. The second-order valence-electron chi connectivity index (χ2n) is 3.59. The fraction of sp³-hybridized carbons (Fsp3) is 0.231. The zero-order valence-electron chi connectivity index (χ0n) is 8.86. The van der Waals surface area contributed by atoms with E-state index in [4.69, 9.17) is 10.5 Å². The van der Waals surface area contributed by atoms with Crippen molar-refractivity contribution < 1.29 is 4.74 Å². The van der Waals surface area contributed by atoms with E-state index in [1.165, 1.54) is 16.3 Å². The van der Waals surface area contributed by atoms with E-state index in [9.17, 15) is 0 Å². The van der Waals surface area contributed by atoms with Crippen LogP contribution in [0.25, 0.3) is 10.8 Å². The lowest BCUT2D eigenvalue weighted by molar-refractivity contribution is 0.415. The molecule has 0 aliphatic rings. The van der Waals surface area contributed by atoms with Gasteiger partial charge in [-0.2, -0.15) is 0 Å². The predicted molar refractivity (Wildman–Crippen MR) is 63.3 cm³/mol. The molecule has 0 spiro atoms. The van der Waals surface area contributed by atoms with Crippen LogP contribution in [0.5, 0.6) is 5.75 Å². The Morgan fingerprint density at radius 3 is 2.60 bits per heavy atom. The summed E-state index contributed by atoms with van der Waals surface area (Å²) >= 11 is 0. The van der Waals surface area contributed by atoms with Gasteiger partial charge in [0.1, 0.15) is 5.75 Å². The van der Waals surface area contributed by atoms with Crippen molar-refractivity contribution in [3.05, 3.63) is 42.0 Å². The Kier molecular flexibility index (Phi) is 2.88. The van der Waals surface area contributed by atoms with Crippen LogP contribution in [-0.2, 0) is 6.42 Å². The van der Waals surface area contributed by atoms with Crippen LogP contribution >= 0.6 is 0 Å². The molecule has 2 heteroatoms. The average molecular weight is 201 g/mol. The number of benzene rings is 2. The molecule has 0 aliphatic carbocycles. The van der Waals surface area contributed by atoms with Crippen LogP contribution in [0.2, 0.25) is 0 Å². The van der Waals surface area contributed by atoms with E-state index >= 15 is 0 Å². The molecule has 0 aliphatic heterocycles. The molecule has 0 atom stereocenters. The first-order valence-corrected chi connectivity index (χ1v) is 5.10. The SMILES string of the molecule is COc1ccc2ccc(CCN)cc2c1. The normalized spacial score (nSPS) is 10.5. The first-order valence-electron chi connectivity index (χ1n) is 5.10. The summed E-state index contributed by atoms with van der Waals surface area (Å²) in [6.07, 6.45) is 0.924. The summed E-state index contributed by atoms with van der Waals surface area (Å²) in [5, 5.41) is 2.44. The van der Waals surface area contributed by atoms with E-state index in [-0.39, 0.29) is 0 Å². The molecule has 0 amide bonds. The first kappa shape index (κ1) is 9.99. The van der Waals surface area contributed by atoms with Crippen molar-refractivity contribution in [3.63, 3.8) is 0 Å². The van der Waals surface area contributed by atoms with E-state index in [1.807, 2.05) is 6.07 Å². The van der Waals surface area contributed by atoms with E-state index in [0.717, 1.165) is 12.2 Å². The van der Waals surface area contributed by atoms with Crippen molar-refractivity contribution >= 4 is 10.8 Å². The summed E-state index contributed by atoms with van der Waals surface area (Å²) in [6, 6.07) is 12.5. The third-order valence-corrected chi connectivity index (χ3v) is 2.54. The third kappa shape index (κ3) is 2.10. The van der Waals surface area contributed by atoms with Crippen LogP contribution in [-0.4, -0.2) is 13.7 Å². The van der Waals surface area contributed by atoms with Crippen molar-refractivity contribution in [2.24, 2.45) is 5.73 Å². The summed E-state index contributed by atoms with van der Waals surface area (Å²) in [5.41, 5.74) is 6.81. The minimum Gasteiger partial charge on any atom is -0.497 e. The molecule has 0 heterocycles. The molecule has 2 aromatic carbocycles. The Balaban J connectivity index is 2.48. The van der Waals surface area contributed by atoms with Gasteiger partial charge in [0.2, 0.25) is 0 Å². The number of hydrogen-bond acceptors (Lipinski definition) is 2. The lowest BCUT2D eigenvalue weighted by atomic mass is 10.0. The standard InChI is InChI=1S/C13H15NO/c1-15-13-5-4-11-3-2-10(6-7-14)8-12(11)9-13/h2-5,8-9H,6-7,14H2,1H3. The third-order valence-electron chi connectivity index (χ3n) is 2.54. The summed E-state index contributed by atoms with van der Waals surface area (Å²) in [5.74, 6) is 0.896. The number of nitrogens with two attached hydrogens (primary N) is 1. The maximum absolute atomic E-state index is 5.54. The zero-order chi connectivity index (χ0) is 10.7. The number of ether oxygens (including phenoxy) is 1. The highest BCUT2D eigenvalue weighted by Gasteiger charge is 1.98. The molecular weight excluding hydrogens is 186 g/mol. The van der Waals surface area contributed by atoms with Crippen LogP contribution in [0.3, 0.4) is 0 Å². The van der Waals surface area contributed by atoms with Gasteiger partial charge in [-0.15, -0.1) is 0 Å². The van der Waals surface area contributed by atoms with Crippen LogP contribution in [0.15, 0.2) is 36.4 Å². The highest BCUT2D eigenvalue weighted by atomic mass is 16.5. The monoisotopic (exact) mass is 201 g/mol. The minimum atomic E-state index is 0.690. The molecule has 0 bridgehead atoms. The van der Waals surface area contributed by atoms with Crippen molar-refractivity contribution in [3.8, 4) is 5.75 Å². The lowest BCUT2D eigenvalue weighted by Gasteiger charge is -2.04. The Bertz CT molecular complexity index is 465. The largest absolute Gasteiger partial charge is 0.497 e. The van der Waals surface area contributed by atoms with E-state index in [2.05, 4.69) is 30.3 Å². The van der Waals surface area contributed by atoms with Crippen LogP contribution in [0.1, 0.15) is 5.56 Å². The smallest absolute Gasteiger partial charge is 0.119 e. The average Bonchev–Trinajstić information content (AvgIpc) is 2.28. The van der Waals surface area contributed by atoms with Gasteiger partial charge in [-0.05, 0) is 41.4 Å². The molecule has 78 valence electrons. The van der Waals surface area contributed by atoms with Gasteiger partial charge in [0.15, 0.2) is 0 Å². The van der Waals surface area contributed by atoms with Gasteiger partial charge in [-0.1, -0.05) is 24.3 Å². The Morgan fingerprint density at radius 2 is 1.87 bits per heavy atom. The predicted octanol–water partition coefficient (Wildman–Crippen LogP) is 2.35. The molecule has 0 saturated heterocycles. The fourth-order valence-electron chi connectivity index (χ4n) is 1.72. The van der Waals surface area contributed by atoms with Crippen molar-refractivity contribution in [1.29, 1.82) is 0 Å². The van der Waals surface area contributed by atoms with E-state index < -0.39 is 0 Å². The molecule has 2 N–H and O–H groups in total. The van der Waals surface area contributed by atoms with Crippen molar-refractivity contribution in [2.75, 3.05) is 13.7 Å². The molecule has 2 nitrogen and oxygen atoms in total. The molecule has 0 aromatic heterocycles. The molecule has 2 rings (SSSR count). The van der Waals surface area contributed by atoms with Crippen molar-refractivity contribution in [1.82, 2.24) is 0 Å².